The first-order chi connectivity index (χ1) is 13.0. The van der Waals surface area contributed by atoms with E-state index in [1.165, 1.54) is 35.3 Å². The van der Waals surface area contributed by atoms with Crippen molar-refractivity contribution in [3.8, 4) is 0 Å². The maximum absolute atomic E-state index is 13.3. The molecule has 1 aromatic rings. The quantitative estimate of drug-likeness (QED) is 0.803. The molecule has 5 nitrogen and oxygen atoms in total. The summed E-state index contributed by atoms with van der Waals surface area (Å²) in [5.41, 5.74) is 8.92. The minimum absolute atomic E-state index is 0.0214. The van der Waals surface area contributed by atoms with Crippen molar-refractivity contribution in [2.24, 2.45) is 22.6 Å². The lowest BCUT2D eigenvalue weighted by atomic mass is 9.80. The number of likely N-dealkylation sites (N-methyl/N-ethyl adjacent to an activating group) is 1. The van der Waals surface area contributed by atoms with Crippen LogP contribution in [0.25, 0.3) is 0 Å². The van der Waals surface area contributed by atoms with Crippen LogP contribution in [0.1, 0.15) is 55.7 Å². The zero-order valence-electron chi connectivity index (χ0n) is 16.7. The highest BCUT2D eigenvalue weighted by Gasteiger charge is 2.57. The lowest BCUT2D eigenvalue weighted by Gasteiger charge is -2.29. The molecule has 3 unspecified atom stereocenters. The second kappa shape index (κ2) is 6.93. The number of amides is 1. The van der Waals surface area contributed by atoms with Crippen LogP contribution in [-0.2, 0) is 27.9 Å². The molecule has 1 aromatic carbocycles. The van der Waals surface area contributed by atoms with E-state index in [9.17, 15) is 4.79 Å². The molecule has 0 bridgehead atoms. The molecule has 0 saturated heterocycles. The van der Waals surface area contributed by atoms with E-state index in [0.717, 1.165) is 37.2 Å². The zero-order chi connectivity index (χ0) is 19.2. The second-order valence-electron chi connectivity index (χ2n) is 8.60. The van der Waals surface area contributed by atoms with Gasteiger partial charge in [-0.1, -0.05) is 31.0 Å². The molecule has 2 aliphatic carbocycles. The summed E-state index contributed by atoms with van der Waals surface area (Å²) >= 11 is 0. The van der Waals surface area contributed by atoms with Crippen molar-refractivity contribution in [2.45, 2.75) is 63.5 Å². The largest absolute Gasteiger partial charge is 0.382 e. The van der Waals surface area contributed by atoms with Gasteiger partial charge in [0.2, 0.25) is 0 Å². The Labute approximate surface area is 162 Å². The monoisotopic (exact) mass is 369 g/mol. The number of methoxy groups -OCH3 is 1. The Morgan fingerprint density at radius 3 is 2.78 bits per heavy atom. The number of hydrogen-bond acceptors (Lipinski definition) is 4. The molecule has 1 fully saturated rings. The van der Waals surface area contributed by atoms with Crippen molar-refractivity contribution in [1.29, 1.82) is 0 Å². The Morgan fingerprint density at radius 1 is 1.37 bits per heavy atom. The fraction of sp³-hybridized carbons (Fsp3) is 0.636. The Kier molecular flexibility index (Phi) is 4.75. The van der Waals surface area contributed by atoms with Gasteiger partial charge in [0.25, 0.3) is 5.91 Å². The summed E-state index contributed by atoms with van der Waals surface area (Å²) in [6.07, 6.45) is 7.95. The van der Waals surface area contributed by atoms with E-state index in [1.54, 1.807) is 14.2 Å². The van der Waals surface area contributed by atoms with Crippen molar-refractivity contribution in [1.82, 2.24) is 4.90 Å². The molecular formula is C22H31N3O2. The maximum atomic E-state index is 13.3. The summed E-state index contributed by atoms with van der Waals surface area (Å²) in [5.74, 6) is 1.40. The zero-order valence-corrected chi connectivity index (χ0v) is 16.7. The molecule has 1 heterocycles. The molecule has 1 saturated carbocycles. The molecule has 27 heavy (non-hydrogen) atoms. The summed E-state index contributed by atoms with van der Waals surface area (Å²) < 4.78 is 5.43. The molecule has 0 radical (unpaired) electrons. The molecule has 1 aliphatic heterocycles. The number of hydrogen-bond donors (Lipinski definition) is 1. The van der Waals surface area contributed by atoms with Crippen LogP contribution < -0.4 is 5.73 Å². The maximum Gasteiger partial charge on any atom is 0.261 e. The highest BCUT2D eigenvalue weighted by Crippen LogP contribution is 2.50. The van der Waals surface area contributed by atoms with Gasteiger partial charge in [0.05, 0.1) is 6.10 Å². The molecule has 3 aliphatic rings. The smallest absolute Gasteiger partial charge is 0.261 e. The summed E-state index contributed by atoms with van der Waals surface area (Å²) in [6, 6.07) is 6.70. The number of carbonyl (C=O) groups is 1. The third-order valence-corrected chi connectivity index (χ3v) is 6.77. The van der Waals surface area contributed by atoms with Crippen LogP contribution in [0.5, 0.6) is 0 Å². The van der Waals surface area contributed by atoms with Gasteiger partial charge in [-0.25, -0.2) is 4.99 Å². The van der Waals surface area contributed by atoms with Crippen LogP contribution in [0.15, 0.2) is 23.2 Å². The van der Waals surface area contributed by atoms with E-state index in [4.69, 9.17) is 15.5 Å². The summed E-state index contributed by atoms with van der Waals surface area (Å²) in [6.45, 7) is 2.07. The van der Waals surface area contributed by atoms with Crippen LogP contribution in [0, 0.1) is 11.8 Å². The summed E-state index contributed by atoms with van der Waals surface area (Å²) in [5, 5.41) is 0. The second-order valence-corrected chi connectivity index (χ2v) is 8.60. The van der Waals surface area contributed by atoms with Crippen molar-refractivity contribution >= 4 is 11.9 Å². The average Bonchev–Trinajstić information content (AvgIpc) is 3.42. The molecule has 1 spiro atoms. The Morgan fingerprint density at radius 2 is 2.15 bits per heavy atom. The minimum atomic E-state index is -0.836. The molecule has 0 aromatic heterocycles. The third kappa shape index (κ3) is 3.16. The van der Waals surface area contributed by atoms with E-state index in [0.29, 0.717) is 5.96 Å². The molecule has 146 valence electrons. The number of carbonyl (C=O) groups excluding carboxylic acids is 1. The van der Waals surface area contributed by atoms with Gasteiger partial charge in [-0.3, -0.25) is 9.69 Å². The van der Waals surface area contributed by atoms with Gasteiger partial charge in [0.1, 0.15) is 0 Å². The fourth-order valence-corrected chi connectivity index (χ4v) is 4.69. The van der Waals surface area contributed by atoms with E-state index in [-0.39, 0.29) is 17.9 Å². The van der Waals surface area contributed by atoms with Crippen molar-refractivity contribution in [3.63, 3.8) is 0 Å². The van der Waals surface area contributed by atoms with E-state index in [2.05, 4.69) is 25.1 Å². The Hall–Kier alpha value is -1.88. The van der Waals surface area contributed by atoms with Crippen LogP contribution in [0.2, 0.25) is 0 Å². The number of benzene rings is 1. The fourth-order valence-electron chi connectivity index (χ4n) is 4.69. The number of guanidine groups is 1. The topological polar surface area (TPSA) is 67.9 Å². The standard InChI is InChI=1S/C22H31N3O2/c1-14(27-3)4-11-18-13-17-10-9-16(8-7-15-5-6-15)12-19(17)22(18)20(26)25(2)21(23)24-22/h9-10,12,14-15,18H,4-8,11,13H2,1-3H3,(H2,23,24). The molecule has 3 atom stereocenters. The highest BCUT2D eigenvalue weighted by atomic mass is 16.5. The highest BCUT2D eigenvalue weighted by molar-refractivity contribution is 6.07. The lowest BCUT2D eigenvalue weighted by Crippen LogP contribution is -2.43. The number of nitrogens with two attached hydrogens (primary N) is 1. The number of aryl methyl sites for hydroxylation is 1. The van der Waals surface area contributed by atoms with Crippen molar-refractivity contribution in [3.05, 3.63) is 34.9 Å². The number of nitrogens with zero attached hydrogens (tertiary/aromatic N) is 2. The minimum Gasteiger partial charge on any atom is -0.382 e. The molecule has 2 N–H and O–H groups in total. The van der Waals surface area contributed by atoms with Crippen LogP contribution >= 0.6 is 0 Å². The van der Waals surface area contributed by atoms with E-state index in [1.807, 2.05) is 0 Å². The predicted octanol–water partition coefficient (Wildman–Crippen LogP) is 3.00. The van der Waals surface area contributed by atoms with Gasteiger partial charge in [0.15, 0.2) is 11.5 Å². The predicted molar refractivity (Wildman–Crippen MR) is 106 cm³/mol. The third-order valence-electron chi connectivity index (χ3n) is 6.77. The molecular weight excluding hydrogens is 338 g/mol. The molecule has 4 rings (SSSR count). The number of rotatable bonds is 7. The first-order valence-corrected chi connectivity index (χ1v) is 10.2. The summed E-state index contributed by atoms with van der Waals surface area (Å²) in [7, 11) is 3.47. The van der Waals surface area contributed by atoms with Crippen molar-refractivity contribution in [2.75, 3.05) is 14.2 Å². The first-order valence-electron chi connectivity index (χ1n) is 10.2. The number of ether oxygens (including phenoxy) is 1. The van der Waals surface area contributed by atoms with Gasteiger partial charge in [-0.15, -0.1) is 0 Å². The van der Waals surface area contributed by atoms with Crippen molar-refractivity contribution < 1.29 is 9.53 Å². The Balaban J connectivity index is 1.67. The van der Waals surface area contributed by atoms with Crippen LogP contribution in [0.3, 0.4) is 0 Å². The summed E-state index contributed by atoms with van der Waals surface area (Å²) in [4.78, 5) is 19.6. The van der Waals surface area contributed by atoms with Gasteiger partial charge < -0.3 is 10.5 Å². The van der Waals surface area contributed by atoms with Gasteiger partial charge in [0, 0.05) is 20.1 Å². The van der Waals surface area contributed by atoms with Crippen LogP contribution in [0.4, 0.5) is 0 Å². The molecule has 5 heteroatoms. The normalized spacial score (nSPS) is 28.0. The SMILES string of the molecule is COC(C)CCC1Cc2ccc(CCC3CC3)cc2C12N=C(N)N(C)C2=O. The first kappa shape index (κ1) is 18.5. The van der Waals surface area contributed by atoms with E-state index < -0.39 is 5.54 Å². The Bertz CT molecular complexity index is 771. The number of aliphatic imine (C=N–C) groups is 1. The van der Waals surface area contributed by atoms with Gasteiger partial charge in [-0.2, -0.15) is 0 Å². The van der Waals surface area contributed by atoms with Crippen LogP contribution in [-0.4, -0.2) is 37.0 Å². The average molecular weight is 370 g/mol. The van der Waals surface area contributed by atoms with Gasteiger partial charge >= 0.3 is 0 Å². The lowest BCUT2D eigenvalue weighted by molar-refractivity contribution is -0.132. The van der Waals surface area contributed by atoms with E-state index >= 15 is 0 Å². The van der Waals surface area contributed by atoms with Gasteiger partial charge in [-0.05, 0) is 61.6 Å². The number of fused-ring (bicyclic) bond motifs is 2. The molecule has 1 amide bonds.